The molecule has 4 heteroatoms. The number of aromatic nitrogens is 2. The molecule has 0 radical (unpaired) electrons. The topological polar surface area (TPSA) is 47.1 Å². The molecule has 1 heterocycles. The molecule has 1 N–H and O–H groups in total. The maximum absolute atomic E-state index is 5.92. The second-order valence-corrected chi connectivity index (χ2v) is 6.69. The molecule has 1 aromatic heterocycles. The minimum atomic E-state index is 0.338. The first-order valence-electron chi connectivity index (χ1n) is 9.33. The molecule has 0 amide bonds. The maximum atomic E-state index is 5.92. The van der Waals surface area contributed by atoms with E-state index in [-0.39, 0.29) is 0 Å². The van der Waals surface area contributed by atoms with Crippen LogP contribution < -0.4 is 9.47 Å². The average molecular weight is 370 g/mol. The van der Waals surface area contributed by atoms with Gasteiger partial charge in [-0.1, -0.05) is 37.3 Å². The van der Waals surface area contributed by atoms with Crippen molar-refractivity contribution in [3.8, 4) is 28.5 Å². The Labute approximate surface area is 164 Å². The van der Waals surface area contributed by atoms with E-state index in [0.29, 0.717) is 12.5 Å². The second kappa shape index (κ2) is 8.44. The van der Waals surface area contributed by atoms with Crippen molar-refractivity contribution in [2.75, 3.05) is 6.61 Å². The smallest absolute Gasteiger partial charge is 0.127 e. The summed E-state index contributed by atoms with van der Waals surface area (Å²) in [6.45, 7) is 2.80. The van der Waals surface area contributed by atoms with E-state index in [1.54, 1.807) is 6.20 Å². The number of rotatable bonds is 7. The van der Waals surface area contributed by atoms with Gasteiger partial charge in [-0.25, -0.2) is 0 Å². The van der Waals surface area contributed by atoms with Crippen LogP contribution in [0.4, 0.5) is 0 Å². The molecule has 0 saturated carbocycles. The minimum absolute atomic E-state index is 0.338. The van der Waals surface area contributed by atoms with Gasteiger partial charge < -0.3 is 9.47 Å². The SMILES string of the molecule is CC(COc1ccc(Oc2ccc(-c3ccn[nH]3)cc2)cc1)c1ccccc1. The number of nitrogens with one attached hydrogen (secondary N) is 1. The standard InChI is InChI=1S/C24H22N2O2/c1-18(19-5-3-2-4-6-19)17-27-21-11-13-23(14-12-21)28-22-9-7-20(8-10-22)24-15-16-25-26-24/h2-16,18H,17H2,1H3,(H,25,26). The fraction of sp³-hybridized carbons (Fsp3) is 0.125. The van der Waals surface area contributed by atoms with Crippen LogP contribution in [-0.2, 0) is 0 Å². The molecule has 4 aromatic rings. The highest BCUT2D eigenvalue weighted by Gasteiger charge is 2.06. The van der Waals surface area contributed by atoms with Crippen LogP contribution in [0.5, 0.6) is 17.2 Å². The quantitative estimate of drug-likeness (QED) is 0.431. The summed E-state index contributed by atoms with van der Waals surface area (Å²) in [6, 6.07) is 28.0. The van der Waals surface area contributed by atoms with E-state index in [1.165, 1.54) is 5.56 Å². The lowest BCUT2D eigenvalue weighted by Crippen LogP contribution is -2.06. The van der Waals surface area contributed by atoms with E-state index in [1.807, 2.05) is 60.7 Å². The van der Waals surface area contributed by atoms with Crippen LogP contribution in [0.1, 0.15) is 18.4 Å². The highest BCUT2D eigenvalue weighted by atomic mass is 16.5. The molecule has 4 nitrogen and oxygen atoms in total. The Bertz CT molecular complexity index is 979. The van der Waals surface area contributed by atoms with Gasteiger partial charge in [-0.05, 0) is 65.7 Å². The van der Waals surface area contributed by atoms with Gasteiger partial charge in [0.2, 0.25) is 0 Å². The Morgan fingerprint density at radius 2 is 1.43 bits per heavy atom. The predicted octanol–water partition coefficient (Wildman–Crippen LogP) is 6.05. The normalized spacial score (nSPS) is 11.8. The third kappa shape index (κ3) is 4.41. The van der Waals surface area contributed by atoms with Crippen molar-refractivity contribution >= 4 is 0 Å². The summed E-state index contributed by atoms with van der Waals surface area (Å²) in [5.74, 6) is 2.74. The first-order valence-corrected chi connectivity index (χ1v) is 9.33. The molecule has 0 saturated heterocycles. The van der Waals surface area contributed by atoms with Gasteiger partial charge in [-0.3, -0.25) is 5.10 Å². The summed E-state index contributed by atoms with van der Waals surface area (Å²) in [5.41, 5.74) is 3.33. The molecule has 28 heavy (non-hydrogen) atoms. The van der Waals surface area contributed by atoms with Crippen LogP contribution in [-0.4, -0.2) is 16.8 Å². The van der Waals surface area contributed by atoms with E-state index in [0.717, 1.165) is 28.5 Å². The van der Waals surface area contributed by atoms with Gasteiger partial charge in [0.25, 0.3) is 0 Å². The minimum Gasteiger partial charge on any atom is -0.493 e. The highest BCUT2D eigenvalue weighted by molar-refractivity contribution is 5.59. The Morgan fingerprint density at radius 3 is 2.07 bits per heavy atom. The fourth-order valence-electron chi connectivity index (χ4n) is 2.96. The molecule has 1 atom stereocenters. The lowest BCUT2D eigenvalue weighted by Gasteiger charge is -2.14. The first kappa shape index (κ1) is 17.9. The average Bonchev–Trinajstić information content (AvgIpc) is 3.29. The van der Waals surface area contributed by atoms with E-state index in [2.05, 4.69) is 41.4 Å². The summed E-state index contributed by atoms with van der Waals surface area (Å²) in [7, 11) is 0. The zero-order chi connectivity index (χ0) is 19.2. The van der Waals surface area contributed by atoms with Gasteiger partial charge in [-0.2, -0.15) is 5.10 Å². The molecule has 4 rings (SSSR count). The molecule has 140 valence electrons. The highest BCUT2D eigenvalue weighted by Crippen LogP contribution is 2.27. The Balaban J connectivity index is 1.33. The van der Waals surface area contributed by atoms with Crippen LogP contribution in [0.25, 0.3) is 11.3 Å². The summed E-state index contributed by atoms with van der Waals surface area (Å²) in [5, 5.41) is 6.93. The van der Waals surface area contributed by atoms with Gasteiger partial charge in [0, 0.05) is 12.1 Å². The molecule has 3 aromatic carbocycles. The van der Waals surface area contributed by atoms with Crippen LogP contribution in [0.2, 0.25) is 0 Å². The first-order chi connectivity index (χ1) is 13.8. The van der Waals surface area contributed by atoms with Gasteiger partial charge in [0.05, 0.1) is 12.3 Å². The van der Waals surface area contributed by atoms with Crippen molar-refractivity contribution in [3.05, 3.63) is 96.7 Å². The van der Waals surface area contributed by atoms with Crippen molar-refractivity contribution < 1.29 is 9.47 Å². The fourth-order valence-corrected chi connectivity index (χ4v) is 2.96. The molecule has 0 aliphatic heterocycles. The lowest BCUT2D eigenvalue weighted by atomic mass is 10.0. The van der Waals surface area contributed by atoms with Crippen molar-refractivity contribution in [1.29, 1.82) is 0 Å². The number of aromatic amines is 1. The van der Waals surface area contributed by atoms with Gasteiger partial charge in [-0.15, -0.1) is 0 Å². The Kier molecular flexibility index (Phi) is 5.38. The number of benzene rings is 3. The van der Waals surface area contributed by atoms with Gasteiger partial charge in [0.1, 0.15) is 17.2 Å². The zero-order valence-corrected chi connectivity index (χ0v) is 15.7. The van der Waals surface area contributed by atoms with Crippen LogP contribution in [0, 0.1) is 0 Å². The summed E-state index contributed by atoms with van der Waals surface area (Å²) < 4.78 is 11.8. The second-order valence-electron chi connectivity index (χ2n) is 6.69. The van der Waals surface area contributed by atoms with Crippen molar-refractivity contribution in [2.24, 2.45) is 0 Å². The van der Waals surface area contributed by atoms with Crippen molar-refractivity contribution in [3.63, 3.8) is 0 Å². The molecule has 1 unspecified atom stereocenters. The third-order valence-electron chi connectivity index (χ3n) is 4.59. The Morgan fingerprint density at radius 1 is 0.786 bits per heavy atom. The van der Waals surface area contributed by atoms with Crippen LogP contribution in [0.15, 0.2) is 91.1 Å². The summed E-state index contributed by atoms with van der Waals surface area (Å²) in [4.78, 5) is 0. The number of H-pyrrole nitrogens is 1. The molecular formula is C24H22N2O2. The molecular weight excluding hydrogens is 348 g/mol. The third-order valence-corrected chi connectivity index (χ3v) is 4.59. The maximum Gasteiger partial charge on any atom is 0.127 e. The van der Waals surface area contributed by atoms with Crippen LogP contribution in [0.3, 0.4) is 0 Å². The van der Waals surface area contributed by atoms with Crippen molar-refractivity contribution in [2.45, 2.75) is 12.8 Å². The number of hydrogen-bond donors (Lipinski definition) is 1. The largest absolute Gasteiger partial charge is 0.493 e. The van der Waals surface area contributed by atoms with E-state index < -0.39 is 0 Å². The Hall–Kier alpha value is -3.53. The summed E-state index contributed by atoms with van der Waals surface area (Å²) >= 11 is 0. The van der Waals surface area contributed by atoms with Crippen molar-refractivity contribution in [1.82, 2.24) is 10.2 Å². The van der Waals surface area contributed by atoms with Gasteiger partial charge in [0.15, 0.2) is 0 Å². The zero-order valence-electron chi connectivity index (χ0n) is 15.7. The molecule has 0 fully saturated rings. The monoisotopic (exact) mass is 370 g/mol. The number of ether oxygens (including phenoxy) is 2. The molecule has 0 aliphatic carbocycles. The van der Waals surface area contributed by atoms with Gasteiger partial charge >= 0.3 is 0 Å². The van der Waals surface area contributed by atoms with E-state index >= 15 is 0 Å². The predicted molar refractivity (Wildman–Crippen MR) is 111 cm³/mol. The molecule has 0 spiro atoms. The van der Waals surface area contributed by atoms with Crippen LogP contribution >= 0.6 is 0 Å². The summed E-state index contributed by atoms with van der Waals surface area (Å²) in [6.07, 6.45) is 1.74. The molecule has 0 bridgehead atoms. The number of nitrogens with zero attached hydrogens (tertiary/aromatic N) is 1. The molecule has 0 aliphatic rings. The van der Waals surface area contributed by atoms with E-state index in [9.17, 15) is 0 Å². The number of hydrogen-bond acceptors (Lipinski definition) is 3. The van der Waals surface area contributed by atoms with E-state index in [4.69, 9.17) is 9.47 Å². The lowest BCUT2D eigenvalue weighted by molar-refractivity contribution is 0.295.